The number of carbonyl (C=O) groups excluding carboxylic acids is 1. The molecule has 0 saturated carbocycles. The summed E-state index contributed by atoms with van der Waals surface area (Å²) in [6, 6.07) is 14.0. The number of hydrogen-bond acceptors (Lipinski definition) is 6. The van der Waals surface area contributed by atoms with E-state index in [1.165, 1.54) is 0 Å². The van der Waals surface area contributed by atoms with E-state index in [-0.39, 0.29) is 5.91 Å². The number of benzene rings is 1. The molecule has 4 aromatic rings. The summed E-state index contributed by atoms with van der Waals surface area (Å²) in [4.78, 5) is 18.0. The average molecular weight is 407 g/mol. The Kier molecular flexibility index (Phi) is 5.81. The number of hydrogen-bond donors (Lipinski definition) is 1. The van der Waals surface area contributed by atoms with Crippen molar-refractivity contribution in [1.29, 1.82) is 0 Å². The summed E-state index contributed by atoms with van der Waals surface area (Å²) in [5, 5.41) is 13.4. The minimum atomic E-state index is -0.130. The fourth-order valence-electron chi connectivity index (χ4n) is 3.01. The lowest BCUT2D eigenvalue weighted by Gasteiger charge is -2.03. The van der Waals surface area contributed by atoms with E-state index in [2.05, 4.69) is 20.6 Å². The van der Waals surface area contributed by atoms with E-state index in [9.17, 15) is 4.79 Å². The van der Waals surface area contributed by atoms with E-state index < -0.39 is 0 Å². The number of nitrogens with one attached hydrogen (secondary N) is 1. The van der Waals surface area contributed by atoms with Crippen LogP contribution < -0.4 is 5.32 Å². The van der Waals surface area contributed by atoms with Gasteiger partial charge >= 0.3 is 0 Å². The van der Waals surface area contributed by atoms with Gasteiger partial charge in [-0.2, -0.15) is 10.1 Å². The molecule has 1 amide bonds. The first kappa shape index (κ1) is 19.1. The van der Waals surface area contributed by atoms with Gasteiger partial charge in [-0.25, -0.2) is 0 Å². The first-order valence-corrected chi connectivity index (χ1v) is 10.3. The predicted octanol–water partition coefficient (Wildman–Crippen LogP) is 3.71. The molecule has 0 unspecified atom stereocenters. The van der Waals surface area contributed by atoms with Gasteiger partial charge in [0.1, 0.15) is 5.69 Å². The Bertz CT molecular complexity index is 1070. The maximum Gasteiger partial charge on any atom is 0.255 e. The number of rotatable bonds is 8. The highest BCUT2D eigenvalue weighted by Crippen LogP contribution is 2.27. The molecule has 0 bridgehead atoms. The Hall–Kier alpha value is -3.26. The van der Waals surface area contributed by atoms with Crippen molar-refractivity contribution >= 4 is 17.2 Å². The summed E-state index contributed by atoms with van der Waals surface area (Å²) in [5.74, 6) is 1.08. The fraction of sp³-hybridized carbons (Fsp3) is 0.238. The number of thiophene rings is 1. The van der Waals surface area contributed by atoms with Crippen LogP contribution in [0.25, 0.3) is 10.6 Å². The normalized spacial score (nSPS) is 10.9. The van der Waals surface area contributed by atoms with Gasteiger partial charge in [0.2, 0.25) is 5.89 Å². The van der Waals surface area contributed by atoms with Crippen molar-refractivity contribution in [2.75, 3.05) is 6.54 Å². The van der Waals surface area contributed by atoms with Crippen LogP contribution in [-0.4, -0.2) is 32.4 Å². The van der Waals surface area contributed by atoms with Crippen LogP contribution in [0.1, 0.15) is 34.1 Å². The fourth-order valence-corrected chi connectivity index (χ4v) is 3.74. The van der Waals surface area contributed by atoms with Crippen LogP contribution in [0.2, 0.25) is 0 Å². The smallest absolute Gasteiger partial charge is 0.255 e. The molecule has 4 rings (SSSR count). The van der Waals surface area contributed by atoms with Gasteiger partial charge in [0.15, 0.2) is 5.82 Å². The molecular formula is C21H21N5O2S. The largest absolute Gasteiger partial charge is 0.352 e. The Morgan fingerprint density at radius 1 is 1.21 bits per heavy atom. The summed E-state index contributed by atoms with van der Waals surface area (Å²) in [6.07, 6.45) is 3.17. The van der Waals surface area contributed by atoms with Gasteiger partial charge in [-0.15, -0.1) is 11.3 Å². The van der Waals surface area contributed by atoms with Gasteiger partial charge in [-0.3, -0.25) is 9.48 Å². The van der Waals surface area contributed by atoms with Crippen molar-refractivity contribution in [2.45, 2.75) is 26.3 Å². The third-order valence-corrected chi connectivity index (χ3v) is 5.25. The van der Waals surface area contributed by atoms with Gasteiger partial charge < -0.3 is 9.84 Å². The molecule has 1 N–H and O–H groups in total. The zero-order valence-electron chi connectivity index (χ0n) is 16.0. The van der Waals surface area contributed by atoms with Gasteiger partial charge in [0.05, 0.1) is 17.0 Å². The van der Waals surface area contributed by atoms with Crippen molar-refractivity contribution in [3.63, 3.8) is 0 Å². The molecule has 0 aliphatic carbocycles. The van der Waals surface area contributed by atoms with Gasteiger partial charge in [0.25, 0.3) is 5.91 Å². The summed E-state index contributed by atoms with van der Waals surface area (Å²) in [7, 11) is 0. The average Bonchev–Trinajstić information content (AvgIpc) is 3.47. The molecule has 0 saturated heterocycles. The van der Waals surface area contributed by atoms with E-state index in [0.29, 0.717) is 42.5 Å². The second-order valence-electron chi connectivity index (χ2n) is 6.65. The molecule has 0 atom stereocenters. The van der Waals surface area contributed by atoms with Crippen LogP contribution >= 0.6 is 11.3 Å². The van der Waals surface area contributed by atoms with E-state index >= 15 is 0 Å². The van der Waals surface area contributed by atoms with Crippen LogP contribution in [0.3, 0.4) is 0 Å². The van der Waals surface area contributed by atoms with Crippen molar-refractivity contribution in [1.82, 2.24) is 25.2 Å². The maximum atomic E-state index is 12.8. The van der Waals surface area contributed by atoms with E-state index in [1.54, 1.807) is 18.3 Å². The topological polar surface area (TPSA) is 85.8 Å². The molecule has 7 nitrogen and oxygen atoms in total. The van der Waals surface area contributed by atoms with E-state index in [4.69, 9.17) is 4.52 Å². The lowest BCUT2D eigenvalue weighted by Crippen LogP contribution is -2.25. The molecule has 148 valence electrons. The first-order chi connectivity index (χ1) is 14.2. The molecule has 3 heterocycles. The maximum absolute atomic E-state index is 12.8. The molecule has 8 heteroatoms. The quantitative estimate of drug-likeness (QED) is 0.450. The molecule has 3 aromatic heterocycles. The standard InChI is InChI=1S/C21H21N5O2S/c1-15-23-19(28-25-15)10-5-11-22-21(27)17-14-26(13-16-7-3-2-4-8-16)24-20(17)18-9-6-12-29-18/h2-4,6-9,12,14H,5,10-11,13H2,1H3,(H,22,27). The van der Waals surface area contributed by atoms with Crippen LogP contribution in [-0.2, 0) is 13.0 Å². The zero-order chi connectivity index (χ0) is 20.1. The minimum Gasteiger partial charge on any atom is -0.352 e. The number of aromatic nitrogens is 4. The molecule has 0 fully saturated rings. The Morgan fingerprint density at radius 3 is 2.79 bits per heavy atom. The van der Waals surface area contributed by atoms with Crippen LogP contribution in [0.5, 0.6) is 0 Å². The number of carbonyl (C=O) groups is 1. The number of aryl methyl sites for hydroxylation is 2. The SMILES string of the molecule is Cc1noc(CCCNC(=O)c2cn(Cc3ccccc3)nc2-c2cccs2)n1. The van der Waals surface area contributed by atoms with Crippen LogP contribution in [0.15, 0.2) is 58.6 Å². The highest BCUT2D eigenvalue weighted by atomic mass is 32.1. The zero-order valence-corrected chi connectivity index (χ0v) is 16.9. The van der Waals surface area contributed by atoms with Gasteiger partial charge in [-0.05, 0) is 30.4 Å². The highest BCUT2D eigenvalue weighted by Gasteiger charge is 2.18. The van der Waals surface area contributed by atoms with Crippen LogP contribution in [0, 0.1) is 6.92 Å². The third-order valence-electron chi connectivity index (χ3n) is 4.37. The lowest BCUT2D eigenvalue weighted by atomic mass is 10.2. The Labute approximate surface area is 172 Å². The second-order valence-corrected chi connectivity index (χ2v) is 7.59. The highest BCUT2D eigenvalue weighted by molar-refractivity contribution is 7.13. The van der Waals surface area contributed by atoms with Crippen molar-refractivity contribution in [3.8, 4) is 10.6 Å². The summed E-state index contributed by atoms with van der Waals surface area (Å²) in [6.45, 7) is 2.92. The number of amides is 1. The molecule has 0 aliphatic heterocycles. The lowest BCUT2D eigenvalue weighted by molar-refractivity contribution is 0.0953. The van der Waals surface area contributed by atoms with Crippen molar-refractivity contribution < 1.29 is 9.32 Å². The summed E-state index contributed by atoms with van der Waals surface area (Å²) < 4.78 is 6.92. The third kappa shape index (κ3) is 4.78. The predicted molar refractivity (Wildman–Crippen MR) is 111 cm³/mol. The first-order valence-electron chi connectivity index (χ1n) is 9.41. The monoisotopic (exact) mass is 407 g/mol. The second kappa shape index (κ2) is 8.83. The van der Waals surface area contributed by atoms with E-state index in [0.717, 1.165) is 16.9 Å². The van der Waals surface area contributed by atoms with Gasteiger partial charge in [-0.1, -0.05) is 41.6 Å². The summed E-state index contributed by atoms with van der Waals surface area (Å²) >= 11 is 1.57. The van der Waals surface area contributed by atoms with E-state index in [1.807, 2.05) is 58.7 Å². The van der Waals surface area contributed by atoms with Crippen LogP contribution in [0.4, 0.5) is 0 Å². The molecule has 29 heavy (non-hydrogen) atoms. The van der Waals surface area contributed by atoms with Gasteiger partial charge in [0, 0.05) is 19.2 Å². The summed E-state index contributed by atoms with van der Waals surface area (Å²) in [5.41, 5.74) is 2.42. The molecule has 1 aromatic carbocycles. The molecule has 0 aliphatic rings. The molecule has 0 radical (unpaired) electrons. The molecular weight excluding hydrogens is 386 g/mol. The Balaban J connectivity index is 1.45. The minimum absolute atomic E-state index is 0.130. The molecule has 0 spiro atoms. The van der Waals surface area contributed by atoms with Crippen molar-refractivity contribution in [2.24, 2.45) is 0 Å². The number of nitrogens with zero attached hydrogens (tertiary/aromatic N) is 4. The Morgan fingerprint density at radius 2 is 2.07 bits per heavy atom. The van der Waals surface area contributed by atoms with Crippen molar-refractivity contribution in [3.05, 3.63) is 76.9 Å².